The van der Waals surface area contributed by atoms with E-state index in [9.17, 15) is 4.79 Å². The number of ether oxygens (including phenoxy) is 1. The van der Waals surface area contributed by atoms with Gasteiger partial charge in [-0.1, -0.05) is 0 Å². The van der Waals surface area contributed by atoms with E-state index < -0.39 is 0 Å². The van der Waals surface area contributed by atoms with Crippen LogP contribution in [0.1, 0.15) is 23.2 Å². The fourth-order valence-corrected chi connectivity index (χ4v) is 1.64. The number of carbonyl (C=O) groups excluding carboxylic acids is 1. The van der Waals surface area contributed by atoms with Crippen LogP contribution < -0.4 is 5.32 Å². The number of thiol groups is 1. The third-order valence-electron chi connectivity index (χ3n) is 2.71. The van der Waals surface area contributed by atoms with Gasteiger partial charge in [-0.05, 0) is 43.0 Å². The van der Waals surface area contributed by atoms with Crippen molar-refractivity contribution in [3.63, 3.8) is 0 Å². The summed E-state index contributed by atoms with van der Waals surface area (Å²) in [7, 11) is 0. The first-order chi connectivity index (χ1) is 8.25. The van der Waals surface area contributed by atoms with E-state index in [1.165, 1.54) is 12.8 Å². The summed E-state index contributed by atoms with van der Waals surface area (Å²) in [6.45, 7) is 1.99. The second-order valence-electron chi connectivity index (χ2n) is 4.32. The van der Waals surface area contributed by atoms with Crippen molar-refractivity contribution in [2.75, 3.05) is 19.8 Å². The molecule has 0 saturated heterocycles. The highest BCUT2D eigenvalue weighted by molar-refractivity contribution is 7.80. The molecule has 1 fully saturated rings. The van der Waals surface area contributed by atoms with Crippen LogP contribution in [0.3, 0.4) is 0 Å². The van der Waals surface area contributed by atoms with E-state index >= 15 is 0 Å². The largest absolute Gasteiger partial charge is 0.379 e. The lowest BCUT2D eigenvalue weighted by Crippen LogP contribution is -2.27. The van der Waals surface area contributed by atoms with Gasteiger partial charge < -0.3 is 10.1 Å². The van der Waals surface area contributed by atoms with Gasteiger partial charge in [0.25, 0.3) is 5.91 Å². The third-order valence-corrected chi connectivity index (χ3v) is 3.01. The highest BCUT2D eigenvalue weighted by Crippen LogP contribution is 2.28. The molecule has 1 N–H and O–H groups in total. The molecule has 92 valence electrons. The molecule has 4 heteroatoms. The average Bonchev–Trinajstić information content (AvgIpc) is 3.13. The zero-order valence-corrected chi connectivity index (χ0v) is 10.6. The Labute approximate surface area is 107 Å². The Kier molecular flexibility index (Phi) is 4.45. The Morgan fingerprint density at radius 1 is 1.35 bits per heavy atom. The number of benzene rings is 1. The Morgan fingerprint density at radius 2 is 2.06 bits per heavy atom. The molecule has 3 nitrogen and oxygen atoms in total. The smallest absolute Gasteiger partial charge is 0.251 e. The summed E-state index contributed by atoms with van der Waals surface area (Å²) in [5.74, 6) is 0.710. The quantitative estimate of drug-likeness (QED) is 0.600. The summed E-state index contributed by atoms with van der Waals surface area (Å²) in [5, 5.41) is 2.82. The van der Waals surface area contributed by atoms with Gasteiger partial charge >= 0.3 is 0 Å². The predicted octanol–water partition coefficient (Wildman–Crippen LogP) is 2.13. The van der Waals surface area contributed by atoms with Crippen LogP contribution in [0, 0.1) is 5.92 Å². The lowest BCUT2D eigenvalue weighted by Gasteiger charge is -2.06. The number of nitrogens with one attached hydrogen (secondary N) is 1. The second kappa shape index (κ2) is 6.07. The van der Waals surface area contributed by atoms with Crippen LogP contribution in [0.15, 0.2) is 29.2 Å². The van der Waals surface area contributed by atoms with E-state index in [-0.39, 0.29) is 5.91 Å². The molecular weight excluding hydrogens is 234 g/mol. The Hall–Kier alpha value is -1.00. The van der Waals surface area contributed by atoms with Crippen molar-refractivity contribution in [2.45, 2.75) is 17.7 Å². The first-order valence-corrected chi connectivity index (χ1v) is 6.35. The molecule has 0 atom stereocenters. The van der Waals surface area contributed by atoms with Gasteiger partial charge in [-0.2, -0.15) is 0 Å². The van der Waals surface area contributed by atoms with Crippen LogP contribution >= 0.6 is 12.6 Å². The third kappa shape index (κ3) is 4.40. The molecule has 0 heterocycles. The van der Waals surface area contributed by atoms with Gasteiger partial charge in [0.2, 0.25) is 0 Å². The maximum Gasteiger partial charge on any atom is 0.251 e. The molecule has 1 amide bonds. The molecule has 1 saturated carbocycles. The normalized spacial score (nSPS) is 14.6. The van der Waals surface area contributed by atoms with Crippen molar-refractivity contribution in [3.8, 4) is 0 Å². The van der Waals surface area contributed by atoms with Crippen LogP contribution in [0.2, 0.25) is 0 Å². The summed E-state index contributed by atoms with van der Waals surface area (Å²) in [6, 6.07) is 7.15. The summed E-state index contributed by atoms with van der Waals surface area (Å²) in [5.41, 5.74) is 0.657. The van der Waals surface area contributed by atoms with Crippen molar-refractivity contribution in [1.82, 2.24) is 5.32 Å². The fraction of sp³-hybridized carbons (Fsp3) is 0.462. The maximum atomic E-state index is 11.7. The monoisotopic (exact) mass is 251 g/mol. The highest BCUT2D eigenvalue weighted by Gasteiger charge is 2.20. The molecule has 0 bridgehead atoms. The van der Waals surface area contributed by atoms with Gasteiger partial charge in [0.05, 0.1) is 6.61 Å². The molecule has 1 aliphatic carbocycles. The molecule has 1 aliphatic rings. The maximum absolute atomic E-state index is 11.7. The number of carbonyl (C=O) groups is 1. The Morgan fingerprint density at radius 3 is 2.71 bits per heavy atom. The minimum atomic E-state index is -0.0617. The highest BCUT2D eigenvalue weighted by atomic mass is 32.1. The average molecular weight is 251 g/mol. The molecule has 0 spiro atoms. The first-order valence-electron chi connectivity index (χ1n) is 5.90. The van der Waals surface area contributed by atoms with Crippen LogP contribution in [0.5, 0.6) is 0 Å². The molecule has 1 aromatic carbocycles. The second-order valence-corrected chi connectivity index (χ2v) is 4.84. The molecule has 1 aromatic rings. The van der Waals surface area contributed by atoms with Crippen LogP contribution in [-0.4, -0.2) is 25.7 Å². The van der Waals surface area contributed by atoms with Gasteiger partial charge in [0.15, 0.2) is 0 Å². The number of amides is 1. The SMILES string of the molecule is O=C(NCCOCC1CC1)c1ccc(S)cc1. The Bertz CT molecular complexity index is 374. The van der Waals surface area contributed by atoms with E-state index in [0.717, 1.165) is 17.4 Å². The minimum Gasteiger partial charge on any atom is -0.379 e. The zero-order chi connectivity index (χ0) is 12.1. The van der Waals surface area contributed by atoms with E-state index in [1.807, 2.05) is 12.1 Å². The summed E-state index contributed by atoms with van der Waals surface area (Å²) >= 11 is 4.17. The van der Waals surface area contributed by atoms with Crippen molar-refractivity contribution >= 4 is 18.5 Å². The van der Waals surface area contributed by atoms with E-state index in [2.05, 4.69) is 17.9 Å². The fourth-order valence-electron chi connectivity index (χ4n) is 1.49. The van der Waals surface area contributed by atoms with Gasteiger partial charge in [-0.25, -0.2) is 0 Å². The molecule has 2 rings (SSSR count). The zero-order valence-electron chi connectivity index (χ0n) is 9.69. The van der Waals surface area contributed by atoms with Crippen molar-refractivity contribution < 1.29 is 9.53 Å². The van der Waals surface area contributed by atoms with Gasteiger partial charge in [0, 0.05) is 23.6 Å². The number of rotatable bonds is 6. The summed E-state index contributed by atoms with van der Waals surface area (Å²) in [6.07, 6.45) is 2.59. The molecule has 0 radical (unpaired) electrons. The predicted molar refractivity (Wildman–Crippen MR) is 69.6 cm³/mol. The topological polar surface area (TPSA) is 38.3 Å². The number of hydrogen-bond acceptors (Lipinski definition) is 3. The summed E-state index contributed by atoms with van der Waals surface area (Å²) in [4.78, 5) is 12.5. The van der Waals surface area contributed by atoms with Gasteiger partial charge in [0.1, 0.15) is 0 Å². The lowest BCUT2D eigenvalue weighted by atomic mass is 10.2. The van der Waals surface area contributed by atoms with Gasteiger partial charge in [-0.3, -0.25) is 4.79 Å². The van der Waals surface area contributed by atoms with Crippen molar-refractivity contribution in [3.05, 3.63) is 29.8 Å². The molecule has 0 unspecified atom stereocenters. The van der Waals surface area contributed by atoms with Crippen LogP contribution in [-0.2, 0) is 4.74 Å². The minimum absolute atomic E-state index is 0.0617. The van der Waals surface area contributed by atoms with Crippen molar-refractivity contribution in [2.24, 2.45) is 5.92 Å². The molecular formula is C13H17NO2S. The van der Waals surface area contributed by atoms with E-state index in [4.69, 9.17) is 4.74 Å². The summed E-state index contributed by atoms with van der Waals surface area (Å²) < 4.78 is 5.44. The lowest BCUT2D eigenvalue weighted by molar-refractivity contribution is 0.0906. The Balaban J connectivity index is 1.64. The number of hydrogen-bond donors (Lipinski definition) is 2. The molecule has 0 aromatic heterocycles. The van der Waals surface area contributed by atoms with E-state index in [0.29, 0.717) is 18.7 Å². The van der Waals surface area contributed by atoms with Gasteiger partial charge in [-0.15, -0.1) is 12.6 Å². The van der Waals surface area contributed by atoms with Crippen LogP contribution in [0.25, 0.3) is 0 Å². The van der Waals surface area contributed by atoms with Crippen molar-refractivity contribution in [1.29, 1.82) is 0 Å². The first kappa shape index (κ1) is 12.5. The van der Waals surface area contributed by atoms with E-state index in [1.54, 1.807) is 12.1 Å². The standard InChI is InChI=1S/C13H17NO2S/c15-13(11-3-5-12(17)6-4-11)14-7-8-16-9-10-1-2-10/h3-6,10,17H,1-2,7-9H2,(H,14,15). The van der Waals surface area contributed by atoms with Crippen LogP contribution in [0.4, 0.5) is 0 Å². The molecule has 0 aliphatic heterocycles. The molecule has 17 heavy (non-hydrogen) atoms.